The number of imidazole rings is 2. The topological polar surface area (TPSA) is 107 Å². The summed E-state index contributed by atoms with van der Waals surface area (Å²) in [5, 5.41) is 5.28. The number of hydrogen-bond acceptors (Lipinski definition) is 6. The van der Waals surface area contributed by atoms with E-state index in [1.807, 2.05) is 44.4 Å². The molecule has 0 saturated carbocycles. The molecule has 0 aliphatic carbocycles. The van der Waals surface area contributed by atoms with E-state index < -0.39 is 0 Å². The Labute approximate surface area is 210 Å². The molecule has 1 aromatic carbocycles. The SMILES string of the molecule is COCCn1c(=O)n(C)c2ncc(-c3ccc4ncc5c(c4c3)n(-c3cn(C)nc3C)c(=O)n5C)cc21. The Morgan fingerprint density at radius 2 is 1.73 bits per heavy atom. The molecule has 11 nitrogen and oxygen atoms in total. The van der Waals surface area contributed by atoms with Gasteiger partial charge in [0.1, 0.15) is 0 Å². The fourth-order valence-corrected chi connectivity index (χ4v) is 5.04. The minimum atomic E-state index is -0.166. The molecule has 0 unspecified atom stereocenters. The van der Waals surface area contributed by atoms with Gasteiger partial charge in [-0.3, -0.25) is 27.9 Å². The smallest absolute Gasteiger partial charge is 0.333 e. The van der Waals surface area contributed by atoms with Crippen LogP contribution in [0.5, 0.6) is 0 Å². The minimum Gasteiger partial charge on any atom is -0.383 e. The number of fused-ring (bicyclic) bond motifs is 4. The zero-order valence-corrected chi connectivity index (χ0v) is 21.3. The molecule has 6 aromatic rings. The van der Waals surface area contributed by atoms with E-state index in [4.69, 9.17) is 4.74 Å². The second-order valence-electron chi connectivity index (χ2n) is 9.23. The second-order valence-corrected chi connectivity index (χ2v) is 9.23. The molecular formula is C26H26N8O3. The Bertz CT molecular complexity index is 1970. The van der Waals surface area contributed by atoms with Crippen molar-refractivity contribution in [3.05, 3.63) is 69.5 Å². The van der Waals surface area contributed by atoms with Crippen LogP contribution in [-0.4, -0.2) is 51.7 Å². The van der Waals surface area contributed by atoms with Crippen molar-refractivity contribution in [3.63, 3.8) is 0 Å². The van der Waals surface area contributed by atoms with Gasteiger partial charge in [-0.05, 0) is 30.7 Å². The molecule has 0 aliphatic heterocycles. The summed E-state index contributed by atoms with van der Waals surface area (Å²) in [5.74, 6) is 0. The number of nitrogens with zero attached hydrogens (tertiary/aromatic N) is 8. The number of ether oxygens (including phenoxy) is 1. The Morgan fingerprint density at radius 1 is 0.919 bits per heavy atom. The summed E-state index contributed by atoms with van der Waals surface area (Å²) in [6, 6.07) is 7.91. The maximum absolute atomic E-state index is 13.4. The lowest BCUT2D eigenvalue weighted by molar-refractivity contribution is 0.187. The molecule has 5 heterocycles. The first-order valence-corrected chi connectivity index (χ1v) is 11.9. The van der Waals surface area contributed by atoms with Crippen LogP contribution in [0.3, 0.4) is 0 Å². The predicted molar refractivity (Wildman–Crippen MR) is 141 cm³/mol. The molecule has 0 radical (unpaired) electrons. The standard InChI is InChI=1S/C26H26N8O3/c1-15-22(14-30(2)29-15)34-23-18-10-16(6-7-19(18)27-13-21(23)31(3)26(34)36)17-11-20-24(28-12-17)32(4)25(35)33(20)8-9-37-5/h6-7,10-14H,8-9H2,1-5H3. The fraction of sp³-hybridized carbons (Fsp3) is 0.269. The molecule has 0 aliphatic rings. The Balaban J connectivity index is 1.62. The van der Waals surface area contributed by atoms with Crippen molar-refractivity contribution in [2.75, 3.05) is 13.7 Å². The molecule has 11 heteroatoms. The molecule has 0 atom stereocenters. The van der Waals surface area contributed by atoms with E-state index in [2.05, 4.69) is 15.1 Å². The summed E-state index contributed by atoms with van der Waals surface area (Å²) in [6.07, 6.45) is 5.34. The van der Waals surface area contributed by atoms with E-state index in [9.17, 15) is 9.59 Å². The van der Waals surface area contributed by atoms with Gasteiger partial charge in [-0.2, -0.15) is 5.10 Å². The van der Waals surface area contributed by atoms with Crippen LogP contribution in [0.2, 0.25) is 0 Å². The van der Waals surface area contributed by atoms with Gasteiger partial charge < -0.3 is 4.74 Å². The summed E-state index contributed by atoms with van der Waals surface area (Å²) in [6.45, 7) is 2.74. The van der Waals surface area contributed by atoms with Gasteiger partial charge >= 0.3 is 11.4 Å². The van der Waals surface area contributed by atoms with Gasteiger partial charge in [-0.15, -0.1) is 0 Å². The normalized spacial score (nSPS) is 11.9. The number of pyridine rings is 2. The average molecular weight is 499 g/mol. The van der Waals surface area contributed by atoms with Crippen LogP contribution in [0, 0.1) is 6.92 Å². The number of aryl methyl sites for hydroxylation is 4. The molecule has 0 N–H and O–H groups in total. The van der Waals surface area contributed by atoms with E-state index in [1.54, 1.807) is 56.5 Å². The van der Waals surface area contributed by atoms with Crippen LogP contribution in [0.1, 0.15) is 5.69 Å². The fourth-order valence-electron chi connectivity index (χ4n) is 5.04. The van der Waals surface area contributed by atoms with Crippen molar-refractivity contribution in [3.8, 4) is 16.8 Å². The van der Waals surface area contributed by atoms with E-state index >= 15 is 0 Å². The number of methoxy groups -OCH3 is 1. The van der Waals surface area contributed by atoms with E-state index in [0.29, 0.717) is 18.8 Å². The largest absolute Gasteiger partial charge is 0.383 e. The van der Waals surface area contributed by atoms with E-state index in [1.165, 1.54) is 0 Å². The van der Waals surface area contributed by atoms with Gasteiger partial charge in [0.05, 0.1) is 52.8 Å². The van der Waals surface area contributed by atoms with E-state index in [-0.39, 0.29) is 11.4 Å². The van der Waals surface area contributed by atoms with Crippen molar-refractivity contribution in [2.24, 2.45) is 21.1 Å². The van der Waals surface area contributed by atoms with Gasteiger partial charge in [0.25, 0.3) is 0 Å². The molecule has 5 aromatic heterocycles. The van der Waals surface area contributed by atoms with Crippen molar-refractivity contribution in [1.29, 1.82) is 0 Å². The zero-order valence-electron chi connectivity index (χ0n) is 21.3. The van der Waals surface area contributed by atoms with Crippen LogP contribution in [0.25, 0.3) is 49.9 Å². The summed E-state index contributed by atoms with van der Waals surface area (Å²) in [7, 11) is 6.91. The molecule has 0 amide bonds. The first-order chi connectivity index (χ1) is 17.8. The maximum atomic E-state index is 13.4. The van der Waals surface area contributed by atoms with Crippen molar-refractivity contribution >= 4 is 33.1 Å². The summed E-state index contributed by atoms with van der Waals surface area (Å²) in [4.78, 5) is 35.4. The number of rotatable bonds is 5. The Kier molecular flexibility index (Phi) is 5.12. The second kappa shape index (κ2) is 8.27. The van der Waals surface area contributed by atoms with Crippen LogP contribution < -0.4 is 11.4 Å². The lowest BCUT2D eigenvalue weighted by atomic mass is 10.0. The third kappa shape index (κ3) is 3.34. The van der Waals surface area contributed by atoms with Crippen LogP contribution in [0.4, 0.5) is 0 Å². The zero-order chi connectivity index (χ0) is 26.0. The summed E-state index contributed by atoms with van der Waals surface area (Å²) < 4.78 is 13.4. The van der Waals surface area contributed by atoms with E-state index in [0.717, 1.165) is 50.0 Å². The molecular weight excluding hydrogens is 472 g/mol. The molecule has 188 valence electrons. The molecule has 0 spiro atoms. The number of benzene rings is 1. The predicted octanol–water partition coefficient (Wildman–Crippen LogP) is 2.28. The van der Waals surface area contributed by atoms with Crippen molar-refractivity contribution in [2.45, 2.75) is 13.5 Å². The van der Waals surface area contributed by atoms with Gasteiger partial charge in [-0.25, -0.2) is 14.6 Å². The first-order valence-electron chi connectivity index (χ1n) is 11.9. The highest BCUT2D eigenvalue weighted by Gasteiger charge is 2.20. The highest BCUT2D eigenvalue weighted by atomic mass is 16.5. The highest BCUT2D eigenvalue weighted by molar-refractivity contribution is 6.04. The number of hydrogen-bond donors (Lipinski definition) is 0. The monoisotopic (exact) mass is 498 g/mol. The highest BCUT2D eigenvalue weighted by Crippen LogP contribution is 2.31. The molecule has 0 bridgehead atoms. The quantitative estimate of drug-likeness (QED) is 0.361. The van der Waals surface area contributed by atoms with Crippen molar-refractivity contribution < 1.29 is 4.74 Å². The van der Waals surface area contributed by atoms with Crippen LogP contribution in [-0.2, 0) is 32.4 Å². The maximum Gasteiger partial charge on any atom is 0.333 e. The molecule has 37 heavy (non-hydrogen) atoms. The third-order valence-electron chi connectivity index (χ3n) is 6.94. The van der Waals surface area contributed by atoms with Gasteiger partial charge in [-0.1, -0.05) is 6.07 Å². The molecule has 0 fully saturated rings. The van der Waals surface area contributed by atoms with Crippen molar-refractivity contribution in [1.82, 2.24) is 38.0 Å². The summed E-state index contributed by atoms with van der Waals surface area (Å²) >= 11 is 0. The Morgan fingerprint density at radius 3 is 2.46 bits per heavy atom. The van der Waals surface area contributed by atoms with Gasteiger partial charge in [0.2, 0.25) is 0 Å². The lowest BCUT2D eigenvalue weighted by Gasteiger charge is -2.08. The lowest BCUT2D eigenvalue weighted by Crippen LogP contribution is -2.23. The summed E-state index contributed by atoms with van der Waals surface area (Å²) in [5.41, 5.74) is 6.53. The van der Waals surface area contributed by atoms with Crippen LogP contribution >= 0.6 is 0 Å². The minimum absolute atomic E-state index is 0.138. The third-order valence-corrected chi connectivity index (χ3v) is 6.94. The average Bonchev–Trinajstić information content (AvgIpc) is 3.45. The Hall–Kier alpha value is -4.51. The van der Waals surface area contributed by atoms with Crippen LogP contribution in [0.15, 0.2) is 52.4 Å². The van der Waals surface area contributed by atoms with Gasteiger partial charge in [0, 0.05) is 51.6 Å². The molecule has 0 saturated heterocycles. The molecule has 6 rings (SSSR count). The number of aromatic nitrogens is 8. The van der Waals surface area contributed by atoms with Gasteiger partial charge in [0.15, 0.2) is 5.65 Å². The first kappa shape index (κ1) is 22.9.